The van der Waals surface area contributed by atoms with Gasteiger partial charge in [0.25, 0.3) is 11.8 Å². The topological polar surface area (TPSA) is 122 Å². The molecule has 2 aliphatic rings. The van der Waals surface area contributed by atoms with Gasteiger partial charge >= 0.3 is 6.09 Å². The number of ether oxygens (including phenoxy) is 1. The second kappa shape index (κ2) is 7.81. The highest BCUT2D eigenvalue weighted by Crippen LogP contribution is 2.29. The summed E-state index contributed by atoms with van der Waals surface area (Å²) < 4.78 is 4.48. The molecule has 2 heterocycles. The van der Waals surface area contributed by atoms with Gasteiger partial charge in [0.1, 0.15) is 6.04 Å². The fourth-order valence-corrected chi connectivity index (χ4v) is 2.97. The van der Waals surface area contributed by atoms with Crippen molar-refractivity contribution in [2.24, 2.45) is 0 Å². The van der Waals surface area contributed by atoms with E-state index in [-0.39, 0.29) is 54.5 Å². The SMILES string of the molecule is COC(=O)NCc1cccc2c1C(=O)N(C1CCC(=O)NC1=O)C2=O.[I-]. The molecule has 26 heavy (non-hydrogen) atoms. The van der Waals surface area contributed by atoms with E-state index in [2.05, 4.69) is 15.4 Å². The Morgan fingerprint density at radius 1 is 1.27 bits per heavy atom. The van der Waals surface area contributed by atoms with E-state index < -0.39 is 35.8 Å². The number of benzene rings is 1. The highest BCUT2D eigenvalue weighted by atomic mass is 127. The molecule has 0 radical (unpaired) electrons. The molecule has 0 saturated carbocycles. The van der Waals surface area contributed by atoms with Crippen LogP contribution in [-0.4, -0.2) is 47.8 Å². The molecule has 0 aliphatic carbocycles. The predicted octanol–water partition coefficient (Wildman–Crippen LogP) is -3.05. The normalized spacial score (nSPS) is 18.8. The lowest BCUT2D eigenvalue weighted by Crippen LogP contribution is -3.00. The highest BCUT2D eigenvalue weighted by molar-refractivity contribution is 6.24. The number of piperidine rings is 1. The summed E-state index contributed by atoms with van der Waals surface area (Å²) in [6, 6.07) is 3.66. The van der Waals surface area contributed by atoms with Crippen molar-refractivity contribution in [3.8, 4) is 0 Å². The molecule has 1 aromatic rings. The molecule has 3 rings (SSSR count). The zero-order valence-corrected chi connectivity index (χ0v) is 15.9. The van der Waals surface area contributed by atoms with Crippen molar-refractivity contribution >= 4 is 29.7 Å². The predicted molar refractivity (Wildman–Crippen MR) is 82.4 cm³/mol. The number of halogens is 1. The van der Waals surface area contributed by atoms with Crippen LogP contribution in [0.15, 0.2) is 18.2 Å². The van der Waals surface area contributed by atoms with Crippen molar-refractivity contribution in [3.05, 3.63) is 34.9 Å². The van der Waals surface area contributed by atoms with Gasteiger partial charge in [-0.3, -0.25) is 29.4 Å². The van der Waals surface area contributed by atoms with Crippen LogP contribution in [0.3, 0.4) is 0 Å². The number of fused-ring (bicyclic) bond motifs is 1. The Kier molecular flexibility index (Phi) is 5.95. The number of imide groups is 2. The lowest BCUT2D eigenvalue weighted by molar-refractivity contribution is -0.136. The molecule has 1 unspecified atom stereocenters. The second-order valence-electron chi connectivity index (χ2n) is 5.63. The van der Waals surface area contributed by atoms with E-state index in [1.54, 1.807) is 12.1 Å². The van der Waals surface area contributed by atoms with Gasteiger partial charge in [0.2, 0.25) is 11.8 Å². The van der Waals surface area contributed by atoms with E-state index in [9.17, 15) is 24.0 Å². The lowest BCUT2D eigenvalue weighted by Gasteiger charge is -2.27. The van der Waals surface area contributed by atoms with Crippen LogP contribution in [-0.2, 0) is 20.9 Å². The Balaban J connectivity index is 0.00000243. The van der Waals surface area contributed by atoms with E-state index in [4.69, 9.17) is 0 Å². The molecule has 1 fully saturated rings. The first-order chi connectivity index (χ1) is 11.9. The van der Waals surface area contributed by atoms with Crippen LogP contribution < -0.4 is 34.6 Å². The van der Waals surface area contributed by atoms with E-state index in [1.165, 1.54) is 13.2 Å². The zero-order chi connectivity index (χ0) is 18.1. The molecule has 0 bridgehead atoms. The molecule has 1 saturated heterocycles. The number of hydrogen-bond donors (Lipinski definition) is 2. The van der Waals surface area contributed by atoms with Gasteiger partial charge in [0, 0.05) is 13.0 Å². The number of hydrogen-bond acceptors (Lipinski definition) is 6. The van der Waals surface area contributed by atoms with Crippen molar-refractivity contribution in [2.75, 3.05) is 7.11 Å². The van der Waals surface area contributed by atoms with Crippen LogP contribution in [0.4, 0.5) is 4.79 Å². The summed E-state index contributed by atoms with van der Waals surface area (Å²) in [6.45, 7) is -0.00193. The Bertz CT molecular complexity index is 809. The Labute approximate surface area is 165 Å². The van der Waals surface area contributed by atoms with Crippen LogP contribution in [0, 0.1) is 0 Å². The monoisotopic (exact) mass is 472 g/mol. The number of nitrogens with zero attached hydrogens (tertiary/aromatic N) is 1. The summed E-state index contributed by atoms with van der Waals surface area (Å²) in [7, 11) is 1.21. The summed E-state index contributed by atoms with van der Waals surface area (Å²) in [5, 5.41) is 4.59. The first-order valence-corrected chi connectivity index (χ1v) is 7.59. The molecule has 0 aromatic heterocycles. The highest BCUT2D eigenvalue weighted by Gasteiger charge is 2.45. The fourth-order valence-electron chi connectivity index (χ4n) is 2.97. The van der Waals surface area contributed by atoms with E-state index in [0.29, 0.717) is 5.56 Å². The minimum absolute atomic E-state index is 0. The molecule has 5 amide bonds. The van der Waals surface area contributed by atoms with Gasteiger partial charge in [0.15, 0.2) is 0 Å². The summed E-state index contributed by atoms with van der Waals surface area (Å²) in [4.78, 5) is 60.8. The Morgan fingerprint density at radius 3 is 2.65 bits per heavy atom. The van der Waals surface area contributed by atoms with E-state index in [0.717, 1.165) is 4.90 Å². The number of carbonyl (C=O) groups is 5. The van der Waals surface area contributed by atoms with E-state index >= 15 is 0 Å². The molecule has 2 N–H and O–H groups in total. The lowest BCUT2D eigenvalue weighted by atomic mass is 10.0. The molecular formula is C16H15IN3O6-. The van der Waals surface area contributed by atoms with E-state index in [1.807, 2.05) is 0 Å². The maximum Gasteiger partial charge on any atom is 0.407 e. The Morgan fingerprint density at radius 2 is 2.00 bits per heavy atom. The van der Waals surface area contributed by atoms with Crippen molar-refractivity contribution in [3.63, 3.8) is 0 Å². The first-order valence-electron chi connectivity index (χ1n) is 7.59. The van der Waals surface area contributed by atoms with Crippen LogP contribution >= 0.6 is 0 Å². The second-order valence-corrected chi connectivity index (χ2v) is 5.63. The number of amides is 5. The quantitative estimate of drug-likeness (QED) is 0.356. The third kappa shape index (κ3) is 3.41. The van der Waals surface area contributed by atoms with Gasteiger partial charge in [-0.05, 0) is 18.1 Å². The maximum atomic E-state index is 12.8. The summed E-state index contributed by atoms with van der Waals surface area (Å²) in [6.07, 6.45) is -0.525. The van der Waals surface area contributed by atoms with Gasteiger partial charge in [-0.25, -0.2) is 4.79 Å². The minimum atomic E-state index is -1.02. The molecule has 10 heteroatoms. The summed E-state index contributed by atoms with van der Waals surface area (Å²) in [5.74, 6) is -2.30. The molecule has 1 aromatic carbocycles. The third-order valence-corrected chi connectivity index (χ3v) is 4.16. The average molecular weight is 472 g/mol. The number of alkyl carbamates (subject to hydrolysis) is 1. The maximum absolute atomic E-state index is 12.8. The van der Waals surface area contributed by atoms with Crippen LogP contribution in [0.5, 0.6) is 0 Å². The molecule has 9 nitrogen and oxygen atoms in total. The summed E-state index contributed by atoms with van der Waals surface area (Å²) >= 11 is 0. The van der Waals surface area contributed by atoms with Crippen LogP contribution in [0.2, 0.25) is 0 Å². The number of methoxy groups -OCH3 is 1. The van der Waals surface area contributed by atoms with Gasteiger partial charge in [-0.2, -0.15) is 0 Å². The molecule has 0 spiro atoms. The Hall–Kier alpha value is -2.50. The molecule has 2 aliphatic heterocycles. The van der Waals surface area contributed by atoms with Crippen molar-refractivity contribution in [1.82, 2.24) is 15.5 Å². The van der Waals surface area contributed by atoms with Gasteiger partial charge in [0.05, 0.1) is 18.2 Å². The average Bonchev–Trinajstić information content (AvgIpc) is 2.85. The van der Waals surface area contributed by atoms with Crippen LogP contribution in [0.25, 0.3) is 0 Å². The zero-order valence-electron chi connectivity index (χ0n) is 13.7. The summed E-state index contributed by atoms with van der Waals surface area (Å²) in [5.41, 5.74) is 0.753. The fraction of sp³-hybridized carbons (Fsp3) is 0.312. The largest absolute Gasteiger partial charge is 1.00 e. The van der Waals surface area contributed by atoms with Gasteiger partial charge in [-0.1, -0.05) is 12.1 Å². The molecule has 1 atom stereocenters. The standard InChI is InChI=1S/C16H15N3O6.HI/c1-25-16(24)17-7-8-3-2-4-9-12(8)15(23)19(14(9)22)10-5-6-11(20)18-13(10)21;/h2-4,10H,5-7H2,1H3,(H,17,24)(H,18,20,21);1H/p-1. The number of carbonyl (C=O) groups excluding carboxylic acids is 5. The number of nitrogens with one attached hydrogen (secondary N) is 2. The smallest absolute Gasteiger partial charge is 0.407 e. The third-order valence-electron chi connectivity index (χ3n) is 4.16. The molecule has 138 valence electrons. The van der Waals surface area contributed by atoms with Crippen molar-refractivity contribution in [2.45, 2.75) is 25.4 Å². The van der Waals surface area contributed by atoms with Crippen molar-refractivity contribution < 1.29 is 52.7 Å². The van der Waals surface area contributed by atoms with Gasteiger partial charge < -0.3 is 34.0 Å². The first kappa shape index (κ1) is 19.8. The number of rotatable bonds is 3. The van der Waals surface area contributed by atoms with Crippen molar-refractivity contribution in [1.29, 1.82) is 0 Å². The molecular weight excluding hydrogens is 457 g/mol. The van der Waals surface area contributed by atoms with Gasteiger partial charge in [-0.15, -0.1) is 0 Å². The van der Waals surface area contributed by atoms with Crippen LogP contribution in [0.1, 0.15) is 39.1 Å². The minimum Gasteiger partial charge on any atom is -1.00 e.